The first-order valence-electron chi connectivity index (χ1n) is 9.15. The van der Waals surface area contributed by atoms with Crippen molar-refractivity contribution in [1.82, 2.24) is 15.5 Å². The molecule has 3 rings (SSSR count). The van der Waals surface area contributed by atoms with Gasteiger partial charge in [0.2, 0.25) is 5.91 Å². The van der Waals surface area contributed by atoms with E-state index in [-0.39, 0.29) is 18.4 Å². The van der Waals surface area contributed by atoms with Crippen LogP contribution in [-0.2, 0) is 16.0 Å². The summed E-state index contributed by atoms with van der Waals surface area (Å²) < 4.78 is 0. The second-order valence-corrected chi connectivity index (χ2v) is 7.48. The molecule has 0 bridgehead atoms. The molecular weight excluding hydrogens is 354 g/mol. The zero-order valence-electron chi connectivity index (χ0n) is 14.7. The number of benzene rings is 1. The lowest BCUT2D eigenvalue weighted by Crippen LogP contribution is -2.47. The molecule has 4 amide bonds. The summed E-state index contributed by atoms with van der Waals surface area (Å²) in [6.45, 7) is 0.211. The van der Waals surface area contributed by atoms with E-state index in [0.29, 0.717) is 30.8 Å². The number of rotatable bonds is 5. The van der Waals surface area contributed by atoms with Crippen molar-refractivity contribution >= 4 is 29.4 Å². The average Bonchev–Trinajstić information content (AvgIpc) is 2.79. The molecule has 0 atom stereocenters. The van der Waals surface area contributed by atoms with Crippen LogP contribution in [0.15, 0.2) is 24.3 Å². The van der Waals surface area contributed by atoms with Crippen molar-refractivity contribution in [1.29, 1.82) is 0 Å². The third-order valence-corrected chi connectivity index (χ3v) is 5.41. The molecule has 7 heteroatoms. The molecule has 6 nitrogen and oxygen atoms in total. The van der Waals surface area contributed by atoms with Crippen LogP contribution in [-0.4, -0.2) is 41.4 Å². The highest BCUT2D eigenvalue weighted by Gasteiger charge is 2.50. The van der Waals surface area contributed by atoms with E-state index in [9.17, 15) is 14.4 Å². The predicted molar refractivity (Wildman–Crippen MR) is 98.8 cm³/mol. The Morgan fingerprint density at radius 2 is 1.77 bits per heavy atom. The fourth-order valence-corrected chi connectivity index (χ4v) is 3.81. The normalized spacial score (nSPS) is 19.3. The van der Waals surface area contributed by atoms with Gasteiger partial charge in [-0.3, -0.25) is 14.5 Å². The van der Waals surface area contributed by atoms with E-state index in [1.165, 1.54) is 0 Å². The maximum Gasteiger partial charge on any atom is 0.325 e. The van der Waals surface area contributed by atoms with E-state index in [2.05, 4.69) is 10.6 Å². The summed E-state index contributed by atoms with van der Waals surface area (Å²) in [5.74, 6) is -0.578. The van der Waals surface area contributed by atoms with Crippen LogP contribution in [0.3, 0.4) is 0 Å². The number of nitrogens with zero attached hydrogens (tertiary/aromatic N) is 1. The molecule has 2 fully saturated rings. The van der Waals surface area contributed by atoms with Crippen molar-refractivity contribution < 1.29 is 14.4 Å². The number of carbonyl (C=O) groups is 3. The Morgan fingerprint density at radius 1 is 1.12 bits per heavy atom. The lowest BCUT2D eigenvalue weighted by molar-refractivity contribution is -0.135. The Labute approximate surface area is 158 Å². The summed E-state index contributed by atoms with van der Waals surface area (Å²) in [5, 5.41) is 6.29. The molecule has 1 heterocycles. The fourth-order valence-electron chi connectivity index (χ4n) is 3.69. The first-order chi connectivity index (χ1) is 12.5. The number of hydrogen-bond acceptors (Lipinski definition) is 3. The first-order valence-corrected chi connectivity index (χ1v) is 9.53. The Kier molecular flexibility index (Phi) is 5.81. The molecule has 1 spiro atoms. The number of carbonyl (C=O) groups excluding carboxylic acids is 3. The number of nitrogens with one attached hydrogen (secondary N) is 2. The summed E-state index contributed by atoms with van der Waals surface area (Å²) in [6.07, 6.45) is 5.98. The Morgan fingerprint density at radius 3 is 2.42 bits per heavy atom. The highest BCUT2D eigenvalue weighted by molar-refractivity contribution is 6.30. The van der Waals surface area contributed by atoms with Crippen LogP contribution < -0.4 is 10.6 Å². The zero-order valence-corrected chi connectivity index (χ0v) is 15.5. The molecule has 1 saturated carbocycles. The van der Waals surface area contributed by atoms with Gasteiger partial charge in [-0.25, -0.2) is 4.79 Å². The first kappa shape index (κ1) is 18.7. The van der Waals surface area contributed by atoms with E-state index in [1.807, 2.05) is 12.1 Å². The molecule has 0 aromatic heterocycles. The van der Waals surface area contributed by atoms with Gasteiger partial charge in [0, 0.05) is 11.6 Å². The number of hydrogen-bond donors (Lipinski definition) is 2. The number of halogens is 1. The van der Waals surface area contributed by atoms with Crippen LogP contribution in [0.1, 0.15) is 44.1 Å². The molecule has 1 saturated heterocycles. The summed E-state index contributed by atoms with van der Waals surface area (Å²) >= 11 is 5.85. The largest absolute Gasteiger partial charge is 0.354 e. The lowest BCUT2D eigenvalue weighted by atomic mass is 9.90. The standard InChI is InChI=1S/C19H24ClN3O3/c20-15-7-5-14(6-8-15)9-12-21-16(24)13-23-17(25)19(22-18(23)26)10-3-1-2-4-11-19/h5-8H,1-4,9-13H2,(H,21,24)(H,22,26). The minimum absolute atomic E-state index is 0.229. The van der Waals surface area contributed by atoms with Crippen LogP contribution in [0, 0.1) is 0 Å². The summed E-state index contributed by atoms with van der Waals surface area (Å²) in [6, 6.07) is 6.96. The monoisotopic (exact) mass is 377 g/mol. The molecule has 1 aromatic rings. The van der Waals surface area contributed by atoms with Gasteiger partial charge in [0.25, 0.3) is 5.91 Å². The fraction of sp³-hybridized carbons (Fsp3) is 0.526. The van der Waals surface area contributed by atoms with E-state index in [4.69, 9.17) is 11.6 Å². The van der Waals surface area contributed by atoms with Gasteiger partial charge in [-0.2, -0.15) is 0 Å². The Balaban J connectivity index is 1.51. The van der Waals surface area contributed by atoms with E-state index in [1.54, 1.807) is 12.1 Å². The van der Waals surface area contributed by atoms with Crippen molar-refractivity contribution in [3.05, 3.63) is 34.9 Å². The molecule has 1 aromatic carbocycles. The highest BCUT2D eigenvalue weighted by atomic mass is 35.5. The van der Waals surface area contributed by atoms with Crippen LogP contribution in [0.25, 0.3) is 0 Å². The molecule has 1 aliphatic carbocycles. The summed E-state index contributed by atoms with van der Waals surface area (Å²) in [5.41, 5.74) is 0.263. The molecule has 2 aliphatic rings. The topological polar surface area (TPSA) is 78.5 Å². The average molecular weight is 378 g/mol. The van der Waals surface area contributed by atoms with Crippen LogP contribution in [0.4, 0.5) is 4.79 Å². The van der Waals surface area contributed by atoms with E-state index >= 15 is 0 Å². The molecule has 26 heavy (non-hydrogen) atoms. The molecule has 0 unspecified atom stereocenters. The van der Waals surface area contributed by atoms with Crippen LogP contribution in [0.5, 0.6) is 0 Å². The minimum atomic E-state index is -0.794. The smallest absolute Gasteiger partial charge is 0.325 e. The Bertz CT molecular complexity index is 682. The zero-order chi connectivity index (χ0) is 18.6. The van der Waals surface area contributed by atoms with Crippen LogP contribution >= 0.6 is 11.6 Å². The van der Waals surface area contributed by atoms with Crippen LogP contribution in [0.2, 0.25) is 5.02 Å². The van der Waals surface area contributed by atoms with Gasteiger partial charge in [0.15, 0.2) is 0 Å². The van der Waals surface area contributed by atoms with Gasteiger partial charge in [0.1, 0.15) is 12.1 Å². The van der Waals surface area contributed by atoms with Gasteiger partial charge in [-0.05, 0) is 37.0 Å². The van der Waals surface area contributed by atoms with E-state index in [0.717, 1.165) is 36.1 Å². The molecular formula is C19H24ClN3O3. The summed E-state index contributed by atoms with van der Waals surface area (Å²) in [4.78, 5) is 38.2. The maximum absolute atomic E-state index is 12.8. The highest BCUT2D eigenvalue weighted by Crippen LogP contribution is 2.32. The van der Waals surface area contributed by atoms with Crippen molar-refractivity contribution in [2.45, 2.75) is 50.5 Å². The van der Waals surface area contributed by atoms with Crippen molar-refractivity contribution in [3.8, 4) is 0 Å². The van der Waals surface area contributed by atoms with Crippen molar-refractivity contribution in [3.63, 3.8) is 0 Å². The van der Waals surface area contributed by atoms with Gasteiger partial charge in [-0.1, -0.05) is 49.4 Å². The Hall–Kier alpha value is -2.08. The SMILES string of the molecule is O=C(CN1C(=O)NC2(CCCCCC2)C1=O)NCCc1ccc(Cl)cc1. The van der Waals surface area contributed by atoms with Gasteiger partial charge in [-0.15, -0.1) is 0 Å². The molecule has 1 aliphatic heterocycles. The maximum atomic E-state index is 12.8. The van der Waals surface area contributed by atoms with Gasteiger partial charge >= 0.3 is 6.03 Å². The lowest BCUT2D eigenvalue weighted by Gasteiger charge is -2.24. The molecule has 2 N–H and O–H groups in total. The number of urea groups is 1. The van der Waals surface area contributed by atoms with Gasteiger partial charge in [0.05, 0.1) is 0 Å². The number of amides is 4. The third kappa shape index (κ3) is 4.18. The quantitative estimate of drug-likeness (QED) is 0.774. The minimum Gasteiger partial charge on any atom is -0.354 e. The predicted octanol–water partition coefficient (Wildman–Crippen LogP) is 2.64. The van der Waals surface area contributed by atoms with Gasteiger partial charge < -0.3 is 10.6 Å². The second-order valence-electron chi connectivity index (χ2n) is 7.04. The second kappa shape index (κ2) is 8.08. The summed E-state index contributed by atoms with van der Waals surface area (Å²) in [7, 11) is 0. The number of imide groups is 1. The van der Waals surface area contributed by atoms with Crippen molar-refractivity contribution in [2.24, 2.45) is 0 Å². The molecule has 140 valence electrons. The third-order valence-electron chi connectivity index (χ3n) is 5.15. The van der Waals surface area contributed by atoms with Crippen molar-refractivity contribution in [2.75, 3.05) is 13.1 Å². The molecule has 0 radical (unpaired) electrons. The van der Waals surface area contributed by atoms with E-state index < -0.39 is 11.6 Å².